The first kappa shape index (κ1) is 21.6. The van der Waals surface area contributed by atoms with Crippen LogP contribution >= 0.6 is 0 Å². The molecule has 3 heterocycles. The zero-order chi connectivity index (χ0) is 23.3. The third kappa shape index (κ3) is 3.34. The van der Waals surface area contributed by atoms with Crippen LogP contribution in [-0.2, 0) is 20.4 Å². The van der Waals surface area contributed by atoms with Crippen LogP contribution in [0.4, 0.5) is 17.2 Å². The van der Waals surface area contributed by atoms with Gasteiger partial charge in [0.15, 0.2) is 0 Å². The van der Waals surface area contributed by atoms with Gasteiger partial charge in [-0.1, -0.05) is 12.1 Å². The van der Waals surface area contributed by atoms with E-state index in [-0.39, 0.29) is 5.91 Å². The van der Waals surface area contributed by atoms with Gasteiger partial charge in [-0.3, -0.25) is 9.69 Å². The largest absolute Gasteiger partial charge is 0.388 e. The number of carbonyl (C=O) groups is 2. The Kier molecular flexibility index (Phi) is 5.07. The lowest BCUT2D eigenvalue weighted by atomic mass is 9.85. The molecular weight excluding hydrogens is 402 g/mol. The maximum Gasteiger partial charge on any atom is 0.242 e. The van der Waals surface area contributed by atoms with Crippen LogP contribution in [0.3, 0.4) is 0 Å². The van der Waals surface area contributed by atoms with E-state index in [0.717, 1.165) is 39.9 Å². The van der Waals surface area contributed by atoms with Gasteiger partial charge < -0.3 is 10.1 Å². The van der Waals surface area contributed by atoms with Crippen molar-refractivity contribution in [3.05, 3.63) is 59.8 Å². The van der Waals surface area contributed by atoms with Gasteiger partial charge in [-0.25, -0.2) is 15.0 Å². The van der Waals surface area contributed by atoms with Crippen LogP contribution < -0.4 is 10.2 Å². The van der Waals surface area contributed by atoms with Crippen molar-refractivity contribution in [2.24, 2.45) is 0 Å². The summed E-state index contributed by atoms with van der Waals surface area (Å²) < 4.78 is 0. The van der Waals surface area contributed by atoms with Crippen LogP contribution in [0.1, 0.15) is 44.6 Å². The monoisotopic (exact) mass is 429 g/mol. The molecule has 1 aromatic carbocycles. The van der Waals surface area contributed by atoms with Gasteiger partial charge in [-0.15, -0.1) is 0 Å². The molecule has 0 saturated heterocycles. The highest BCUT2D eigenvalue weighted by molar-refractivity contribution is 6.12. The Morgan fingerprint density at radius 2 is 1.72 bits per heavy atom. The van der Waals surface area contributed by atoms with Crippen molar-refractivity contribution in [3.8, 4) is 11.1 Å². The molecule has 164 valence electrons. The van der Waals surface area contributed by atoms with Crippen LogP contribution in [0.25, 0.3) is 11.1 Å². The van der Waals surface area contributed by atoms with Crippen molar-refractivity contribution in [1.29, 1.82) is 0 Å². The third-order valence-corrected chi connectivity index (χ3v) is 6.14. The molecule has 1 aliphatic heterocycles. The van der Waals surface area contributed by atoms with Crippen molar-refractivity contribution < 1.29 is 9.59 Å². The number of aryl methyl sites for hydroxylation is 1. The summed E-state index contributed by atoms with van der Waals surface area (Å²) in [5.74, 6) is 1.16. The number of rotatable bonds is 5. The van der Waals surface area contributed by atoms with E-state index in [1.165, 1.54) is 0 Å². The van der Waals surface area contributed by atoms with Gasteiger partial charge in [0.2, 0.25) is 5.91 Å². The number of pyridine rings is 1. The van der Waals surface area contributed by atoms with Gasteiger partial charge in [-0.2, -0.15) is 0 Å². The lowest BCUT2D eigenvalue weighted by Crippen LogP contribution is -2.33. The van der Waals surface area contributed by atoms with Crippen molar-refractivity contribution in [3.63, 3.8) is 0 Å². The average Bonchev–Trinajstić information content (AvgIpc) is 2.98. The Balaban J connectivity index is 1.86. The molecule has 2 aromatic heterocycles. The summed E-state index contributed by atoms with van der Waals surface area (Å²) in [5, 5.41) is 3.15. The number of anilines is 3. The Bertz CT molecular complexity index is 1220. The lowest BCUT2D eigenvalue weighted by Gasteiger charge is -2.24. The van der Waals surface area contributed by atoms with Gasteiger partial charge in [0.1, 0.15) is 17.9 Å². The molecule has 0 fully saturated rings. The van der Waals surface area contributed by atoms with Crippen molar-refractivity contribution in [2.45, 2.75) is 45.4 Å². The number of amides is 1. The van der Waals surface area contributed by atoms with Crippen LogP contribution in [0.15, 0.2) is 42.9 Å². The van der Waals surface area contributed by atoms with Gasteiger partial charge in [0.25, 0.3) is 0 Å². The normalized spacial score (nSPS) is 14.9. The highest BCUT2D eigenvalue weighted by Gasteiger charge is 2.45. The van der Waals surface area contributed by atoms with E-state index < -0.39 is 10.8 Å². The topological polar surface area (TPSA) is 88.1 Å². The first-order valence-corrected chi connectivity index (χ1v) is 10.5. The first-order chi connectivity index (χ1) is 15.1. The molecule has 0 saturated carbocycles. The average molecular weight is 430 g/mol. The molecule has 0 spiro atoms. The summed E-state index contributed by atoms with van der Waals surface area (Å²) in [6.07, 6.45) is 6.14. The molecule has 1 amide bonds. The molecule has 0 aliphatic carbocycles. The molecule has 7 heteroatoms. The second-order valence-corrected chi connectivity index (χ2v) is 9.19. The maximum atomic E-state index is 13.5. The second-order valence-electron chi connectivity index (χ2n) is 9.19. The van der Waals surface area contributed by atoms with Crippen LogP contribution in [-0.4, -0.2) is 34.2 Å². The summed E-state index contributed by atoms with van der Waals surface area (Å²) in [6, 6.07) is 7.80. The minimum absolute atomic E-state index is 0.0539. The van der Waals surface area contributed by atoms with Crippen LogP contribution in [0.2, 0.25) is 0 Å². The molecule has 3 aromatic rings. The summed E-state index contributed by atoms with van der Waals surface area (Å²) in [6.45, 7) is 9.37. The minimum Gasteiger partial charge on any atom is -0.388 e. The molecule has 4 rings (SSSR count). The second kappa shape index (κ2) is 7.51. The van der Waals surface area contributed by atoms with Crippen LogP contribution in [0, 0.1) is 6.92 Å². The van der Waals surface area contributed by atoms with Gasteiger partial charge in [0.05, 0.1) is 11.1 Å². The minimum atomic E-state index is -0.700. The summed E-state index contributed by atoms with van der Waals surface area (Å²) in [5.41, 5.74) is 3.66. The van der Waals surface area contributed by atoms with Crippen molar-refractivity contribution >= 4 is 29.4 Å². The van der Waals surface area contributed by atoms with E-state index in [1.807, 2.05) is 58.9 Å². The van der Waals surface area contributed by atoms with Crippen LogP contribution in [0.5, 0.6) is 0 Å². The van der Waals surface area contributed by atoms with E-state index in [2.05, 4.69) is 20.3 Å². The number of aldehydes is 1. The zero-order valence-electron chi connectivity index (χ0n) is 19.2. The highest BCUT2D eigenvalue weighted by Crippen LogP contribution is 2.47. The number of benzene rings is 1. The van der Waals surface area contributed by atoms with Gasteiger partial charge in [0, 0.05) is 53.9 Å². The molecule has 0 radical (unpaired) electrons. The quantitative estimate of drug-likeness (QED) is 0.608. The zero-order valence-corrected chi connectivity index (χ0v) is 19.2. The molecule has 32 heavy (non-hydrogen) atoms. The van der Waals surface area contributed by atoms with E-state index in [1.54, 1.807) is 30.5 Å². The van der Waals surface area contributed by atoms with Gasteiger partial charge >= 0.3 is 0 Å². The Labute approximate surface area is 187 Å². The first-order valence-electron chi connectivity index (χ1n) is 10.5. The third-order valence-electron chi connectivity index (χ3n) is 6.14. The number of hydrogen-bond acceptors (Lipinski definition) is 6. The summed E-state index contributed by atoms with van der Waals surface area (Å²) in [4.78, 5) is 39.9. The number of fused-ring (bicyclic) bond motifs is 1. The maximum absolute atomic E-state index is 13.5. The number of hydrogen-bond donors (Lipinski definition) is 1. The van der Waals surface area contributed by atoms with Crippen molar-refractivity contribution in [2.75, 3.05) is 17.3 Å². The Hall–Kier alpha value is -3.61. The fourth-order valence-electron chi connectivity index (χ4n) is 4.05. The number of aromatic nitrogens is 3. The molecule has 1 N–H and O–H groups in total. The standard InChI is InChI=1S/C25H27N5O2/c1-15-27-11-17(12-28-15)16-7-8-18-21(9-16)30(23(32)25(18,4)5)22-10-20(26-6)19(13-29-22)24(2,3)14-31/h7-14H,1-6H3,(H,26,29). The predicted octanol–water partition coefficient (Wildman–Crippen LogP) is 4.32. The number of nitrogens with one attached hydrogen (secondary N) is 1. The Morgan fingerprint density at radius 1 is 1.03 bits per heavy atom. The Morgan fingerprint density at radius 3 is 2.34 bits per heavy atom. The molecule has 7 nitrogen and oxygen atoms in total. The summed E-state index contributed by atoms with van der Waals surface area (Å²) >= 11 is 0. The SMILES string of the molecule is CNc1cc(N2C(=O)C(C)(C)c3ccc(-c4cnc(C)nc4)cc32)ncc1C(C)(C)C=O. The molecule has 0 unspecified atom stereocenters. The molecule has 1 aliphatic rings. The summed E-state index contributed by atoms with van der Waals surface area (Å²) in [7, 11) is 1.79. The lowest BCUT2D eigenvalue weighted by molar-refractivity contribution is -0.121. The molecule has 0 atom stereocenters. The van der Waals surface area contributed by atoms with Crippen molar-refractivity contribution in [1.82, 2.24) is 15.0 Å². The fourth-order valence-corrected chi connectivity index (χ4v) is 4.05. The predicted molar refractivity (Wildman–Crippen MR) is 125 cm³/mol. The fraction of sp³-hybridized carbons (Fsp3) is 0.320. The van der Waals surface area contributed by atoms with Gasteiger partial charge in [-0.05, 0) is 51.8 Å². The highest BCUT2D eigenvalue weighted by atomic mass is 16.2. The number of nitrogens with zero attached hydrogens (tertiary/aromatic N) is 4. The van der Waals surface area contributed by atoms with E-state index >= 15 is 0 Å². The van der Waals surface area contributed by atoms with E-state index in [0.29, 0.717) is 11.6 Å². The van der Waals surface area contributed by atoms with E-state index in [9.17, 15) is 9.59 Å². The van der Waals surface area contributed by atoms with E-state index in [4.69, 9.17) is 0 Å². The number of carbonyl (C=O) groups excluding carboxylic acids is 2. The molecular formula is C25H27N5O2. The molecule has 0 bridgehead atoms. The smallest absolute Gasteiger partial charge is 0.242 e.